The molecule has 0 spiro atoms. The van der Waals surface area contributed by atoms with Gasteiger partial charge >= 0.3 is 6.03 Å². The molecule has 156 valence electrons. The summed E-state index contributed by atoms with van der Waals surface area (Å²) in [5.74, 6) is -1.24. The number of nitro benzene ring substituents is 1. The van der Waals surface area contributed by atoms with Gasteiger partial charge in [0, 0.05) is 23.5 Å². The number of anilines is 1. The lowest BCUT2D eigenvalue weighted by molar-refractivity contribution is -0.384. The third-order valence-corrected chi connectivity index (χ3v) is 5.01. The lowest BCUT2D eigenvalue weighted by Gasteiger charge is -2.34. The quantitative estimate of drug-likeness (QED) is 0.524. The number of amides is 3. The van der Waals surface area contributed by atoms with Crippen LogP contribution in [0.1, 0.15) is 37.9 Å². The van der Waals surface area contributed by atoms with Crippen molar-refractivity contribution in [2.24, 2.45) is 5.92 Å². The largest absolute Gasteiger partial charge is 0.330 e. The minimum Gasteiger partial charge on any atom is -0.330 e. The van der Waals surface area contributed by atoms with E-state index >= 15 is 0 Å². The van der Waals surface area contributed by atoms with Crippen LogP contribution in [0.2, 0.25) is 0 Å². The molecule has 0 saturated carbocycles. The van der Waals surface area contributed by atoms with E-state index in [1.54, 1.807) is 6.07 Å². The zero-order chi connectivity index (χ0) is 22.1. The molecule has 8 heteroatoms. The van der Waals surface area contributed by atoms with Crippen molar-refractivity contribution in [2.45, 2.75) is 32.2 Å². The van der Waals surface area contributed by atoms with Crippen LogP contribution in [0, 0.1) is 16.0 Å². The fourth-order valence-corrected chi connectivity index (χ4v) is 3.38. The van der Waals surface area contributed by atoms with Gasteiger partial charge in [-0.05, 0) is 22.6 Å². The van der Waals surface area contributed by atoms with Crippen LogP contribution < -0.4 is 16.0 Å². The molecule has 0 radical (unpaired) electrons. The molecule has 8 nitrogen and oxygen atoms in total. The summed E-state index contributed by atoms with van der Waals surface area (Å²) < 4.78 is 0. The summed E-state index contributed by atoms with van der Waals surface area (Å²) in [7, 11) is 0. The molecule has 0 unspecified atom stereocenters. The van der Waals surface area contributed by atoms with E-state index in [0.717, 1.165) is 11.1 Å². The predicted molar refractivity (Wildman–Crippen MR) is 114 cm³/mol. The van der Waals surface area contributed by atoms with Crippen LogP contribution in [-0.4, -0.2) is 16.9 Å². The molecule has 3 amide bonds. The molecule has 1 aliphatic heterocycles. The first-order valence-corrected chi connectivity index (χ1v) is 9.48. The Balaban J connectivity index is 1.89. The second-order valence-electron chi connectivity index (χ2n) is 8.25. The number of nitro groups is 1. The average Bonchev–Trinajstić information content (AvgIpc) is 2.66. The Morgan fingerprint density at radius 2 is 1.83 bits per heavy atom. The van der Waals surface area contributed by atoms with Gasteiger partial charge in [-0.15, -0.1) is 0 Å². The summed E-state index contributed by atoms with van der Waals surface area (Å²) >= 11 is 0. The highest BCUT2D eigenvalue weighted by atomic mass is 16.6. The van der Waals surface area contributed by atoms with Crippen molar-refractivity contribution in [1.82, 2.24) is 10.6 Å². The van der Waals surface area contributed by atoms with Crippen LogP contribution in [-0.2, 0) is 10.2 Å². The van der Waals surface area contributed by atoms with Crippen molar-refractivity contribution in [3.8, 4) is 0 Å². The number of nitrogens with zero attached hydrogens (tertiary/aromatic N) is 1. The van der Waals surface area contributed by atoms with Crippen LogP contribution in [0.4, 0.5) is 16.2 Å². The summed E-state index contributed by atoms with van der Waals surface area (Å²) in [5, 5.41) is 19.0. The topological polar surface area (TPSA) is 113 Å². The zero-order valence-corrected chi connectivity index (χ0v) is 17.1. The van der Waals surface area contributed by atoms with E-state index in [0.29, 0.717) is 5.69 Å². The maximum atomic E-state index is 13.0. The van der Waals surface area contributed by atoms with E-state index in [4.69, 9.17) is 0 Å². The van der Waals surface area contributed by atoms with Gasteiger partial charge in [0.25, 0.3) is 5.69 Å². The Kier molecular flexibility index (Phi) is 5.60. The highest BCUT2D eigenvalue weighted by molar-refractivity contribution is 5.97. The monoisotopic (exact) mass is 408 g/mol. The summed E-state index contributed by atoms with van der Waals surface area (Å²) in [6.07, 6.45) is 0. The van der Waals surface area contributed by atoms with Gasteiger partial charge in [-0.2, -0.15) is 0 Å². The Bertz CT molecular complexity index is 1010. The fourth-order valence-electron chi connectivity index (χ4n) is 3.38. The number of carbonyl (C=O) groups is 2. The number of rotatable bonds is 4. The first-order chi connectivity index (χ1) is 14.1. The number of urea groups is 1. The van der Waals surface area contributed by atoms with Gasteiger partial charge in [-0.3, -0.25) is 14.9 Å². The maximum absolute atomic E-state index is 13.0. The Morgan fingerprint density at radius 3 is 2.43 bits per heavy atom. The molecule has 30 heavy (non-hydrogen) atoms. The van der Waals surface area contributed by atoms with Crippen LogP contribution in [0.5, 0.6) is 0 Å². The smallest absolute Gasteiger partial charge is 0.319 e. The van der Waals surface area contributed by atoms with Crippen LogP contribution in [0.15, 0.2) is 60.8 Å². The Morgan fingerprint density at radius 1 is 1.17 bits per heavy atom. The third-order valence-electron chi connectivity index (χ3n) is 5.01. The molecule has 2 atom stereocenters. The number of hydrogen-bond donors (Lipinski definition) is 3. The van der Waals surface area contributed by atoms with Crippen LogP contribution in [0.3, 0.4) is 0 Å². The molecule has 0 aromatic heterocycles. The number of benzene rings is 2. The number of non-ortho nitro benzene ring substituents is 1. The summed E-state index contributed by atoms with van der Waals surface area (Å²) in [6, 6.07) is 12.3. The molecule has 1 fully saturated rings. The lowest BCUT2D eigenvalue weighted by atomic mass is 9.84. The molecular weight excluding hydrogens is 384 g/mol. The molecule has 2 aromatic carbocycles. The van der Waals surface area contributed by atoms with Crippen molar-refractivity contribution in [1.29, 1.82) is 0 Å². The highest BCUT2D eigenvalue weighted by Gasteiger charge is 2.38. The van der Waals surface area contributed by atoms with Crippen molar-refractivity contribution in [3.05, 3.63) is 82.0 Å². The van der Waals surface area contributed by atoms with Gasteiger partial charge in [-0.25, -0.2) is 4.79 Å². The molecule has 0 bridgehead atoms. The van der Waals surface area contributed by atoms with E-state index in [1.165, 1.54) is 18.2 Å². The zero-order valence-electron chi connectivity index (χ0n) is 17.1. The summed E-state index contributed by atoms with van der Waals surface area (Å²) in [4.78, 5) is 35.5. The van der Waals surface area contributed by atoms with Crippen molar-refractivity contribution in [3.63, 3.8) is 0 Å². The van der Waals surface area contributed by atoms with Gasteiger partial charge in [0.15, 0.2) is 0 Å². The minimum atomic E-state index is -0.803. The van der Waals surface area contributed by atoms with Crippen LogP contribution in [0.25, 0.3) is 0 Å². The molecule has 3 N–H and O–H groups in total. The predicted octanol–water partition coefficient (Wildman–Crippen LogP) is 4.01. The molecule has 1 heterocycles. The third kappa shape index (κ3) is 4.48. The van der Waals surface area contributed by atoms with Gasteiger partial charge in [0.2, 0.25) is 5.91 Å². The Labute approximate surface area is 174 Å². The van der Waals surface area contributed by atoms with Crippen molar-refractivity contribution >= 4 is 23.3 Å². The molecule has 0 aliphatic carbocycles. The van der Waals surface area contributed by atoms with E-state index in [9.17, 15) is 19.7 Å². The average molecular weight is 408 g/mol. The second-order valence-corrected chi connectivity index (χ2v) is 8.25. The second kappa shape index (κ2) is 7.98. The number of hydrogen-bond acceptors (Lipinski definition) is 4. The molecular formula is C22H24N4O4. The molecule has 1 saturated heterocycles. The maximum Gasteiger partial charge on any atom is 0.319 e. The van der Waals surface area contributed by atoms with E-state index in [2.05, 4.69) is 43.3 Å². The summed E-state index contributed by atoms with van der Waals surface area (Å²) in [5.41, 5.74) is 2.28. The fraction of sp³-hybridized carbons (Fsp3) is 0.273. The number of nitrogens with one attached hydrogen (secondary N) is 3. The standard InChI is InChI=1S/C22H24N4O4/c1-13-18(20(27)24-16-6-5-7-17(12-16)26(29)30)19(25-21(28)23-13)14-8-10-15(11-9-14)22(2,3)4/h5-12,18-19H,1H2,2-4H3,(H,24,27)(H2,23,25,28)/t18-,19+/m1/s1. The molecule has 2 aromatic rings. The van der Waals surface area contributed by atoms with E-state index < -0.39 is 28.8 Å². The van der Waals surface area contributed by atoms with E-state index in [-0.39, 0.29) is 16.8 Å². The van der Waals surface area contributed by atoms with Gasteiger partial charge < -0.3 is 16.0 Å². The number of carbonyl (C=O) groups excluding carboxylic acids is 2. The van der Waals surface area contributed by atoms with Gasteiger partial charge in [0.1, 0.15) is 5.92 Å². The minimum absolute atomic E-state index is 0.0295. The molecule has 1 aliphatic rings. The summed E-state index contributed by atoms with van der Waals surface area (Å²) in [6.45, 7) is 10.2. The van der Waals surface area contributed by atoms with Crippen molar-refractivity contribution in [2.75, 3.05) is 5.32 Å². The van der Waals surface area contributed by atoms with Crippen LogP contribution >= 0.6 is 0 Å². The first-order valence-electron chi connectivity index (χ1n) is 9.48. The van der Waals surface area contributed by atoms with Gasteiger partial charge in [0.05, 0.1) is 11.0 Å². The molecule has 3 rings (SSSR count). The van der Waals surface area contributed by atoms with Gasteiger partial charge in [-0.1, -0.05) is 57.7 Å². The van der Waals surface area contributed by atoms with Crippen molar-refractivity contribution < 1.29 is 14.5 Å². The lowest BCUT2D eigenvalue weighted by Crippen LogP contribution is -2.51. The SMILES string of the molecule is C=C1NC(=O)N[C@@H](c2ccc(C(C)(C)C)cc2)[C@@H]1C(=O)Nc1cccc([N+](=O)[O-])c1. The van der Waals surface area contributed by atoms with E-state index in [1.807, 2.05) is 24.3 Å². The highest BCUT2D eigenvalue weighted by Crippen LogP contribution is 2.32. The first kappa shape index (κ1) is 21.0. The normalized spacial score (nSPS) is 18.9. The Hall–Kier alpha value is -3.68.